The Hall–Kier alpha value is -1.22. The number of carboxylic acids is 1. The number of ether oxygens (including phenoxy) is 1. The molecular weight excluding hydrogens is 336 g/mol. The van der Waals surface area contributed by atoms with Crippen LogP contribution >= 0.6 is 11.6 Å². The van der Waals surface area contributed by atoms with Crippen molar-refractivity contribution in [2.75, 3.05) is 6.61 Å². The van der Waals surface area contributed by atoms with Gasteiger partial charge in [-0.3, -0.25) is 0 Å². The molecule has 0 aliphatic rings. The number of hydrogen-bond donors (Lipinski definition) is 1. The summed E-state index contributed by atoms with van der Waals surface area (Å²) in [6.07, 6.45) is 15.8. The van der Waals surface area contributed by atoms with E-state index >= 15 is 0 Å². The van der Waals surface area contributed by atoms with Crippen molar-refractivity contribution in [1.29, 1.82) is 0 Å². The highest BCUT2D eigenvalue weighted by atomic mass is 35.5. The number of rotatable bonds is 15. The molecule has 0 spiro atoms. The smallest absolute Gasteiger partial charge is 0.337 e. The van der Waals surface area contributed by atoms with Crippen molar-refractivity contribution in [3.05, 3.63) is 28.8 Å². The van der Waals surface area contributed by atoms with Crippen LogP contribution in [-0.2, 0) is 0 Å². The van der Waals surface area contributed by atoms with Crippen molar-refractivity contribution < 1.29 is 14.6 Å². The van der Waals surface area contributed by atoms with E-state index in [1.165, 1.54) is 76.7 Å². The van der Waals surface area contributed by atoms with E-state index in [4.69, 9.17) is 21.4 Å². The van der Waals surface area contributed by atoms with Gasteiger partial charge < -0.3 is 9.84 Å². The second-order valence-electron chi connectivity index (χ2n) is 6.68. The molecule has 0 radical (unpaired) electrons. The largest absolute Gasteiger partial charge is 0.494 e. The van der Waals surface area contributed by atoms with E-state index in [2.05, 4.69) is 6.92 Å². The van der Waals surface area contributed by atoms with Crippen molar-refractivity contribution in [3.8, 4) is 5.75 Å². The molecular formula is C21H33ClO3. The van der Waals surface area contributed by atoms with Gasteiger partial charge in [-0.2, -0.15) is 0 Å². The summed E-state index contributed by atoms with van der Waals surface area (Å²) < 4.78 is 5.64. The Morgan fingerprint density at radius 3 is 1.92 bits per heavy atom. The highest BCUT2D eigenvalue weighted by Crippen LogP contribution is 2.23. The molecule has 0 aromatic heterocycles. The van der Waals surface area contributed by atoms with Gasteiger partial charge >= 0.3 is 5.97 Å². The number of carbonyl (C=O) groups is 1. The summed E-state index contributed by atoms with van der Waals surface area (Å²) in [6.45, 7) is 2.91. The highest BCUT2D eigenvalue weighted by Gasteiger charge is 2.09. The zero-order valence-corrected chi connectivity index (χ0v) is 16.3. The minimum Gasteiger partial charge on any atom is -0.494 e. The van der Waals surface area contributed by atoms with Gasteiger partial charge in [0.2, 0.25) is 0 Å². The van der Waals surface area contributed by atoms with E-state index in [1.807, 2.05) is 0 Å². The van der Waals surface area contributed by atoms with Crippen molar-refractivity contribution in [2.45, 2.75) is 84.0 Å². The van der Waals surface area contributed by atoms with Crippen LogP contribution in [0.4, 0.5) is 0 Å². The molecule has 25 heavy (non-hydrogen) atoms. The fourth-order valence-corrected chi connectivity index (χ4v) is 3.14. The molecule has 3 nitrogen and oxygen atoms in total. The summed E-state index contributed by atoms with van der Waals surface area (Å²) in [6, 6.07) is 4.73. The molecule has 1 rings (SSSR count). The van der Waals surface area contributed by atoms with Crippen LogP contribution in [0.25, 0.3) is 0 Å². The lowest BCUT2D eigenvalue weighted by Gasteiger charge is -2.07. The van der Waals surface area contributed by atoms with E-state index < -0.39 is 5.97 Å². The summed E-state index contributed by atoms with van der Waals surface area (Å²) >= 11 is 5.92. The van der Waals surface area contributed by atoms with Crippen LogP contribution in [0, 0.1) is 0 Å². The number of carboxylic acid groups (broad SMARTS) is 1. The molecule has 0 atom stereocenters. The number of unbranched alkanes of at least 4 members (excludes halogenated alkanes) is 11. The second kappa shape index (κ2) is 14.0. The molecule has 0 unspecified atom stereocenters. The summed E-state index contributed by atoms with van der Waals surface area (Å²) in [5.74, 6) is -0.379. The molecule has 0 aliphatic heterocycles. The van der Waals surface area contributed by atoms with Gasteiger partial charge in [0.15, 0.2) is 0 Å². The molecule has 0 aliphatic carbocycles. The fraction of sp³-hybridized carbons (Fsp3) is 0.667. The Morgan fingerprint density at radius 1 is 0.920 bits per heavy atom. The first-order valence-electron chi connectivity index (χ1n) is 9.80. The second-order valence-corrected chi connectivity index (χ2v) is 7.09. The Labute approximate surface area is 157 Å². The monoisotopic (exact) mass is 368 g/mol. The summed E-state index contributed by atoms with van der Waals surface area (Å²) in [5.41, 5.74) is 0.111. The van der Waals surface area contributed by atoms with Gasteiger partial charge in [-0.1, -0.05) is 89.2 Å². The molecule has 0 bridgehead atoms. The Kier molecular flexibility index (Phi) is 12.2. The van der Waals surface area contributed by atoms with E-state index in [0.717, 1.165) is 6.42 Å². The average molecular weight is 369 g/mol. The predicted molar refractivity (Wildman–Crippen MR) is 105 cm³/mol. The van der Waals surface area contributed by atoms with Crippen LogP contribution in [0.5, 0.6) is 5.75 Å². The predicted octanol–water partition coefficient (Wildman–Crippen LogP) is 7.12. The average Bonchev–Trinajstić information content (AvgIpc) is 2.58. The molecule has 1 aromatic rings. The zero-order valence-electron chi connectivity index (χ0n) is 15.6. The third kappa shape index (κ3) is 10.4. The Morgan fingerprint density at radius 2 is 1.44 bits per heavy atom. The fourth-order valence-electron chi connectivity index (χ4n) is 2.89. The van der Waals surface area contributed by atoms with Gasteiger partial charge in [0.25, 0.3) is 0 Å². The van der Waals surface area contributed by atoms with Gasteiger partial charge in [0, 0.05) is 0 Å². The molecule has 4 heteroatoms. The third-order valence-electron chi connectivity index (χ3n) is 4.44. The Bertz CT molecular complexity index is 488. The van der Waals surface area contributed by atoms with E-state index in [9.17, 15) is 4.79 Å². The third-order valence-corrected chi connectivity index (χ3v) is 4.75. The molecule has 142 valence electrons. The zero-order chi connectivity index (χ0) is 18.3. The first-order chi connectivity index (χ1) is 12.1. The maximum absolute atomic E-state index is 10.9. The SMILES string of the molecule is CCCCCCCCCCCCCCOc1ccc(C(=O)O)c(Cl)c1. The molecule has 1 aromatic carbocycles. The Balaban J connectivity index is 1.95. The maximum atomic E-state index is 10.9. The lowest BCUT2D eigenvalue weighted by Crippen LogP contribution is -2.00. The molecule has 0 heterocycles. The molecule has 1 N–H and O–H groups in total. The van der Waals surface area contributed by atoms with Gasteiger partial charge in [-0.25, -0.2) is 4.79 Å². The minimum absolute atomic E-state index is 0.111. The highest BCUT2D eigenvalue weighted by molar-refractivity contribution is 6.33. The number of aromatic carboxylic acids is 1. The molecule has 0 saturated heterocycles. The first-order valence-corrected chi connectivity index (χ1v) is 10.2. The molecule has 0 amide bonds. The number of benzene rings is 1. The quantitative estimate of drug-likeness (QED) is 0.335. The maximum Gasteiger partial charge on any atom is 0.337 e. The van der Waals surface area contributed by atoms with E-state index in [1.54, 1.807) is 12.1 Å². The van der Waals surface area contributed by atoms with Crippen molar-refractivity contribution in [3.63, 3.8) is 0 Å². The van der Waals surface area contributed by atoms with Crippen LogP contribution in [0.3, 0.4) is 0 Å². The number of halogens is 1. The number of hydrogen-bond acceptors (Lipinski definition) is 2. The van der Waals surface area contributed by atoms with Gasteiger partial charge in [0.1, 0.15) is 5.75 Å². The van der Waals surface area contributed by atoms with E-state index in [0.29, 0.717) is 12.4 Å². The van der Waals surface area contributed by atoms with Crippen LogP contribution < -0.4 is 4.74 Å². The molecule has 0 fully saturated rings. The van der Waals surface area contributed by atoms with Crippen molar-refractivity contribution in [1.82, 2.24) is 0 Å². The lowest BCUT2D eigenvalue weighted by molar-refractivity contribution is 0.0697. The van der Waals surface area contributed by atoms with Gasteiger partial charge in [-0.15, -0.1) is 0 Å². The standard InChI is InChI=1S/C21H33ClO3/c1-2-3-4-5-6-7-8-9-10-11-12-13-16-25-18-14-15-19(21(23)24)20(22)17-18/h14-15,17H,2-13,16H2,1H3,(H,23,24). The summed E-state index contributed by atoms with van der Waals surface area (Å²) in [4.78, 5) is 10.9. The normalized spacial score (nSPS) is 10.8. The van der Waals surface area contributed by atoms with Gasteiger partial charge in [-0.05, 0) is 24.6 Å². The minimum atomic E-state index is -1.02. The summed E-state index contributed by atoms with van der Waals surface area (Å²) in [7, 11) is 0. The van der Waals surface area contributed by atoms with E-state index in [-0.39, 0.29) is 10.6 Å². The van der Waals surface area contributed by atoms with Gasteiger partial charge in [0.05, 0.1) is 17.2 Å². The first kappa shape index (κ1) is 21.8. The summed E-state index contributed by atoms with van der Waals surface area (Å²) in [5, 5.41) is 9.15. The van der Waals surface area contributed by atoms with Crippen LogP contribution in [0.2, 0.25) is 5.02 Å². The van der Waals surface area contributed by atoms with Crippen molar-refractivity contribution in [2.24, 2.45) is 0 Å². The lowest BCUT2D eigenvalue weighted by atomic mass is 10.1. The molecule has 0 saturated carbocycles. The topological polar surface area (TPSA) is 46.5 Å². The van der Waals surface area contributed by atoms with Crippen LogP contribution in [-0.4, -0.2) is 17.7 Å². The van der Waals surface area contributed by atoms with Crippen molar-refractivity contribution >= 4 is 17.6 Å². The van der Waals surface area contributed by atoms with Crippen LogP contribution in [0.15, 0.2) is 18.2 Å². The van der Waals surface area contributed by atoms with Crippen LogP contribution in [0.1, 0.15) is 94.3 Å².